The largest absolute Gasteiger partial charge is 0.387 e. The Balaban J connectivity index is 2.43. The highest BCUT2D eigenvalue weighted by Crippen LogP contribution is 2.40. The van der Waals surface area contributed by atoms with Crippen LogP contribution in [0.1, 0.15) is 22.5 Å². The third-order valence-electron chi connectivity index (χ3n) is 2.92. The predicted octanol–water partition coefficient (Wildman–Crippen LogP) is 3.97. The Morgan fingerprint density at radius 2 is 2.00 bits per heavy atom. The Kier molecular flexibility index (Phi) is 4.81. The van der Waals surface area contributed by atoms with Gasteiger partial charge in [-0.2, -0.15) is 0 Å². The molecule has 0 saturated carbocycles. The lowest BCUT2D eigenvalue weighted by atomic mass is 9.92. The standard InChI is InChI=1S/C13H12Cl2FNOS/c14-8-2-1-3-10(16)11(8)7(6-17)12(18)13-9(15)4-5-19-13/h1-5,7,12,18H,6,17H2. The summed E-state index contributed by atoms with van der Waals surface area (Å²) in [6.45, 7) is 0.0655. The van der Waals surface area contributed by atoms with E-state index in [-0.39, 0.29) is 17.1 Å². The minimum absolute atomic E-state index is 0.0655. The normalized spacial score (nSPS) is 14.4. The van der Waals surface area contributed by atoms with Crippen molar-refractivity contribution in [1.29, 1.82) is 0 Å². The van der Waals surface area contributed by atoms with Gasteiger partial charge in [-0.25, -0.2) is 4.39 Å². The lowest BCUT2D eigenvalue weighted by Crippen LogP contribution is -2.21. The van der Waals surface area contributed by atoms with E-state index >= 15 is 0 Å². The van der Waals surface area contributed by atoms with Crippen LogP contribution in [0.4, 0.5) is 4.39 Å². The van der Waals surface area contributed by atoms with Crippen LogP contribution in [0.3, 0.4) is 0 Å². The Morgan fingerprint density at radius 3 is 2.53 bits per heavy atom. The molecule has 1 heterocycles. The topological polar surface area (TPSA) is 46.2 Å². The number of aliphatic hydroxyl groups excluding tert-OH is 1. The van der Waals surface area contributed by atoms with Gasteiger partial charge in [-0.15, -0.1) is 11.3 Å². The molecule has 6 heteroatoms. The van der Waals surface area contributed by atoms with Crippen LogP contribution in [0.2, 0.25) is 10.0 Å². The molecule has 0 aliphatic heterocycles. The maximum Gasteiger partial charge on any atom is 0.128 e. The maximum absolute atomic E-state index is 13.9. The third kappa shape index (κ3) is 2.93. The zero-order chi connectivity index (χ0) is 14.0. The lowest BCUT2D eigenvalue weighted by Gasteiger charge is -2.22. The highest BCUT2D eigenvalue weighted by molar-refractivity contribution is 7.10. The molecule has 2 rings (SSSR count). The number of halogens is 3. The fraction of sp³-hybridized carbons (Fsp3) is 0.231. The first-order chi connectivity index (χ1) is 9.06. The van der Waals surface area contributed by atoms with Gasteiger partial charge >= 0.3 is 0 Å². The molecule has 1 aromatic heterocycles. The Hall–Kier alpha value is -0.650. The summed E-state index contributed by atoms with van der Waals surface area (Å²) in [6.07, 6.45) is -0.980. The fourth-order valence-electron chi connectivity index (χ4n) is 1.97. The van der Waals surface area contributed by atoms with E-state index in [4.69, 9.17) is 28.9 Å². The van der Waals surface area contributed by atoms with Gasteiger partial charge in [0, 0.05) is 23.0 Å². The molecule has 0 aliphatic carbocycles. The van der Waals surface area contributed by atoms with Crippen molar-refractivity contribution >= 4 is 34.5 Å². The molecule has 0 aliphatic rings. The number of hydrogen-bond donors (Lipinski definition) is 2. The number of benzene rings is 1. The van der Waals surface area contributed by atoms with E-state index in [2.05, 4.69) is 0 Å². The summed E-state index contributed by atoms with van der Waals surface area (Å²) in [7, 11) is 0. The van der Waals surface area contributed by atoms with Crippen molar-refractivity contribution in [2.45, 2.75) is 12.0 Å². The minimum Gasteiger partial charge on any atom is -0.387 e. The average Bonchev–Trinajstić information content (AvgIpc) is 2.79. The van der Waals surface area contributed by atoms with E-state index < -0.39 is 17.8 Å². The van der Waals surface area contributed by atoms with Gasteiger partial charge in [-0.3, -0.25) is 0 Å². The quantitative estimate of drug-likeness (QED) is 0.895. The van der Waals surface area contributed by atoms with Crippen molar-refractivity contribution in [3.8, 4) is 0 Å². The molecule has 0 amide bonds. The third-order valence-corrected chi connectivity index (χ3v) is 4.68. The molecule has 2 aromatic rings. The number of aliphatic hydroxyl groups is 1. The molecule has 0 bridgehead atoms. The molecule has 3 N–H and O–H groups in total. The van der Waals surface area contributed by atoms with Crippen LogP contribution < -0.4 is 5.73 Å². The van der Waals surface area contributed by atoms with Crippen LogP contribution in [-0.2, 0) is 0 Å². The summed E-state index contributed by atoms with van der Waals surface area (Å²) in [5, 5.41) is 12.8. The van der Waals surface area contributed by atoms with Gasteiger partial charge in [0.1, 0.15) is 5.82 Å². The van der Waals surface area contributed by atoms with Crippen molar-refractivity contribution < 1.29 is 9.50 Å². The van der Waals surface area contributed by atoms with E-state index in [1.54, 1.807) is 17.5 Å². The van der Waals surface area contributed by atoms with Crippen molar-refractivity contribution in [3.63, 3.8) is 0 Å². The molecule has 2 nitrogen and oxygen atoms in total. The Labute approximate surface area is 124 Å². The second kappa shape index (κ2) is 6.20. The zero-order valence-electron chi connectivity index (χ0n) is 9.82. The van der Waals surface area contributed by atoms with Gasteiger partial charge < -0.3 is 10.8 Å². The summed E-state index contributed by atoms with van der Waals surface area (Å²) in [4.78, 5) is 0.566. The van der Waals surface area contributed by atoms with Crippen LogP contribution in [-0.4, -0.2) is 11.7 Å². The monoisotopic (exact) mass is 319 g/mol. The number of rotatable bonds is 4. The van der Waals surface area contributed by atoms with E-state index in [0.717, 1.165) is 0 Å². The van der Waals surface area contributed by atoms with Gasteiger partial charge in [-0.05, 0) is 23.6 Å². The molecule has 1 aromatic carbocycles. The fourth-order valence-corrected chi connectivity index (χ4v) is 3.49. The van der Waals surface area contributed by atoms with E-state index in [9.17, 15) is 9.50 Å². The average molecular weight is 320 g/mol. The van der Waals surface area contributed by atoms with Crippen molar-refractivity contribution in [1.82, 2.24) is 0 Å². The molecule has 0 spiro atoms. The van der Waals surface area contributed by atoms with E-state index in [1.807, 2.05) is 0 Å². The molecule has 2 atom stereocenters. The number of nitrogens with two attached hydrogens (primary N) is 1. The summed E-state index contributed by atoms with van der Waals surface area (Å²) in [6, 6.07) is 6.07. The number of thiophene rings is 1. The molecule has 0 fully saturated rings. The van der Waals surface area contributed by atoms with Gasteiger partial charge in [-0.1, -0.05) is 29.3 Å². The second-order valence-electron chi connectivity index (χ2n) is 4.06. The molecular formula is C13H12Cl2FNOS. The first-order valence-corrected chi connectivity index (χ1v) is 7.24. The van der Waals surface area contributed by atoms with Crippen LogP contribution in [0, 0.1) is 5.82 Å². The first kappa shape index (κ1) is 14.8. The van der Waals surface area contributed by atoms with E-state index in [1.165, 1.54) is 23.5 Å². The van der Waals surface area contributed by atoms with E-state index in [0.29, 0.717) is 9.90 Å². The molecule has 102 valence electrons. The number of hydrogen-bond acceptors (Lipinski definition) is 3. The van der Waals surface area contributed by atoms with Gasteiger partial charge in [0.05, 0.1) is 16.0 Å². The van der Waals surface area contributed by atoms with Gasteiger partial charge in [0.25, 0.3) is 0 Å². The molecular weight excluding hydrogens is 308 g/mol. The Morgan fingerprint density at radius 1 is 1.26 bits per heavy atom. The lowest BCUT2D eigenvalue weighted by molar-refractivity contribution is 0.149. The van der Waals surface area contributed by atoms with Crippen molar-refractivity contribution in [2.24, 2.45) is 5.73 Å². The van der Waals surface area contributed by atoms with Crippen LogP contribution in [0.15, 0.2) is 29.6 Å². The smallest absolute Gasteiger partial charge is 0.128 e. The maximum atomic E-state index is 13.9. The molecule has 0 saturated heterocycles. The second-order valence-corrected chi connectivity index (χ2v) is 5.82. The first-order valence-electron chi connectivity index (χ1n) is 5.61. The zero-order valence-corrected chi connectivity index (χ0v) is 12.1. The van der Waals surface area contributed by atoms with Crippen molar-refractivity contribution in [2.75, 3.05) is 6.54 Å². The highest BCUT2D eigenvalue weighted by atomic mass is 35.5. The highest BCUT2D eigenvalue weighted by Gasteiger charge is 2.28. The molecule has 0 radical (unpaired) electrons. The molecule has 19 heavy (non-hydrogen) atoms. The summed E-state index contributed by atoms with van der Waals surface area (Å²) < 4.78 is 13.9. The van der Waals surface area contributed by atoms with Crippen LogP contribution in [0.5, 0.6) is 0 Å². The summed E-state index contributed by atoms with van der Waals surface area (Å²) in [5.41, 5.74) is 5.90. The minimum atomic E-state index is -0.980. The predicted molar refractivity (Wildman–Crippen MR) is 77.5 cm³/mol. The van der Waals surface area contributed by atoms with Crippen LogP contribution >= 0.6 is 34.5 Å². The van der Waals surface area contributed by atoms with Crippen LogP contribution in [0.25, 0.3) is 0 Å². The van der Waals surface area contributed by atoms with Gasteiger partial charge in [0.15, 0.2) is 0 Å². The summed E-state index contributed by atoms with van der Waals surface area (Å²) in [5.74, 6) is -1.11. The molecule has 2 unspecified atom stereocenters. The summed E-state index contributed by atoms with van der Waals surface area (Å²) >= 11 is 13.3. The Bertz CT molecular complexity index is 555. The van der Waals surface area contributed by atoms with Gasteiger partial charge in [0.2, 0.25) is 0 Å². The SMILES string of the molecule is NCC(c1c(F)cccc1Cl)C(O)c1sccc1Cl. The van der Waals surface area contributed by atoms with Crippen molar-refractivity contribution in [3.05, 3.63) is 55.9 Å².